The van der Waals surface area contributed by atoms with Crippen molar-refractivity contribution in [1.29, 1.82) is 0 Å². The SMILES string of the molecule is O=C1OC(c2ccco2)=N/C1=C\C=C\c1ccccc1. The van der Waals surface area contributed by atoms with Crippen LogP contribution in [0, 0.1) is 0 Å². The first-order valence-electron chi connectivity index (χ1n) is 6.11. The third kappa shape index (κ3) is 2.59. The van der Waals surface area contributed by atoms with E-state index in [0.717, 1.165) is 5.56 Å². The van der Waals surface area contributed by atoms with Crippen molar-refractivity contribution in [2.75, 3.05) is 0 Å². The molecule has 1 aromatic heterocycles. The molecule has 0 saturated heterocycles. The zero-order chi connectivity index (χ0) is 13.8. The van der Waals surface area contributed by atoms with Crippen molar-refractivity contribution in [1.82, 2.24) is 0 Å². The number of ether oxygens (including phenoxy) is 1. The average Bonchev–Trinajstić information content (AvgIpc) is 3.10. The van der Waals surface area contributed by atoms with E-state index in [0.29, 0.717) is 5.76 Å². The molecule has 3 rings (SSSR count). The van der Waals surface area contributed by atoms with Crippen LogP contribution >= 0.6 is 0 Å². The van der Waals surface area contributed by atoms with Crippen LogP contribution in [0.5, 0.6) is 0 Å². The van der Waals surface area contributed by atoms with Gasteiger partial charge in [-0.2, -0.15) is 0 Å². The molecule has 4 nitrogen and oxygen atoms in total. The van der Waals surface area contributed by atoms with Gasteiger partial charge in [-0.15, -0.1) is 0 Å². The number of nitrogens with zero attached hydrogens (tertiary/aromatic N) is 1. The first-order valence-corrected chi connectivity index (χ1v) is 6.11. The summed E-state index contributed by atoms with van der Waals surface area (Å²) in [6, 6.07) is 13.2. The van der Waals surface area contributed by atoms with Gasteiger partial charge in [0.2, 0.25) is 0 Å². The highest BCUT2D eigenvalue weighted by atomic mass is 16.6. The van der Waals surface area contributed by atoms with Gasteiger partial charge in [0.05, 0.1) is 6.26 Å². The molecule has 0 amide bonds. The molecule has 0 fully saturated rings. The Hall–Kier alpha value is -2.88. The molecule has 98 valence electrons. The van der Waals surface area contributed by atoms with Crippen LogP contribution in [0.2, 0.25) is 0 Å². The summed E-state index contributed by atoms with van der Waals surface area (Å²) in [5.41, 5.74) is 1.30. The van der Waals surface area contributed by atoms with Gasteiger partial charge in [0.25, 0.3) is 5.90 Å². The van der Waals surface area contributed by atoms with E-state index >= 15 is 0 Å². The topological polar surface area (TPSA) is 51.8 Å². The van der Waals surface area contributed by atoms with E-state index in [1.165, 1.54) is 6.26 Å². The lowest BCUT2D eigenvalue weighted by molar-refractivity contribution is -0.130. The zero-order valence-electron chi connectivity index (χ0n) is 10.5. The Labute approximate surface area is 115 Å². The van der Waals surface area contributed by atoms with Crippen molar-refractivity contribution in [3.63, 3.8) is 0 Å². The Balaban J connectivity index is 1.78. The highest BCUT2D eigenvalue weighted by Gasteiger charge is 2.25. The molecule has 0 aliphatic carbocycles. The molecule has 0 spiro atoms. The fourth-order valence-corrected chi connectivity index (χ4v) is 1.74. The predicted molar refractivity (Wildman–Crippen MR) is 74.9 cm³/mol. The number of benzene rings is 1. The van der Waals surface area contributed by atoms with Gasteiger partial charge < -0.3 is 9.15 Å². The Kier molecular flexibility index (Phi) is 3.29. The summed E-state index contributed by atoms with van der Waals surface area (Å²) < 4.78 is 10.2. The van der Waals surface area contributed by atoms with Gasteiger partial charge >= 0.3 is 5.97 Å². The highest BCUT2D eigenvalue weighted by molar-refractivity contribution is 6.10. The summed E-state index contributed by atoms with van der Waals surface area (Å²) in [5.74, 6) is 0.155. The maximum absolute atomic E-state index is 11.6. The Bertz CT molecular complexity index is 695. The summed E-state index contributed by atoms with van der Waals surface area (Å²) in [6.07, 6.45) is 6.77. The molecule has 0 N–H and O–H groups in total. The Morgan fingerprint density at radius 1 is 1.05 bits per heavy atom. The van der Waals surface area contributed by atoms with Crippen LogP contribution in [0.4, 0.5) is 0 Å². The monoisotopic (exact) mass is 265 g/mol. The van der Waals surface area contributed by atoms with Crippen molar-refractivity contribution in [2.24, 2.45) is 4.99 Å². The third-order valence-corrected chi connectivity index (χ3v) is 2.69. The predicted octanol–water partition coefficient (Wildman–Crippen LogP) is 3.18. The van der Waals surface area contributed by atoms with Crippen LogP contribution < -0.4 is 0 Å². The molecule has 20 heavy (non-hydrogen) atoms. The number of carbonyl (C=O) groups excluding carboxylic acids is 1. The maximum atomic E-state index is 11.6. The minimum absolute atomic E-state index is 0.194. The van der Waals surface area contributed by atoms with Crippen LogP contribution in [0.1, 0.15) is 11.3 Å². The second kappa shape index (κ2) is 5.40. The highest BCUT2D eigenvalue weighted by Crippen LogP contribution is 2.16. The molecule has 1 aliphatic heterocycles. The van der Waals surface area contributed by atoms with Crippen LogP contribution in [-0.2, 0) is 9.53 Å². The van der Waals surface area contributed by atoms with Crippen LogP contribution in [0.15, 0.2) is 76.0 Å². The molecule has 4 heteroatoms. The standard InChI is InChI=1S/C16H11NO3/c18-16-13(9-4-8-12-6-2-1-3-7-12)17-15(20-16)14-10-5-11-19-14/h1-11H/b8-4+,13-9-. The summed E-state index contributed by atoms with van der Waals surface area (Å²) >= 11 is 0. The second-order valence-electron chi connectivity index (χ2n) is 4.11. The number of furan rings is 1. The smallest absolute Gasteiger partial charge is 0.363 e. The van der Waals surface area contributed by atoms with Gasteiger partial charge in [0.15, 0.2) is 11.5 Å². The molecular formula is C16H11NO3. The lowest BCUT2D eigenvalue weighted by atomic mass is 10.2. The van der Waals surface area contributed by atoms with E-state index < -0.39 is 5.97 Å². The molecule has 0 radical (unpaired) electrons. The molecule has 2 aromatic rings. The fraction of sp³-hybridized carbons (Fsp3) is 0. The van der Waals surface area contributed by atoms with Crippen molar-refractivity contribution in [3.05, 3.63) is 77.9 Å². The van der Waals surface area contributed by atoms with Gasteiger partial charge in [0.1, 0.15) is 0 Å². The average molecular weight is 265 g/mol. The zero-order valence-corrected chi connectivity index (χ0v) is 10.5. The number of allylic oxidation sites excluding steroid dienone is 2. The molecule has 1 aromatic carbocycles. The maximum Gasteiger partial charge on any atom is 0.363 e. The summed E-state index contributed by atoms with van der Waals surface area (Å²) in [5, 5.41) is 0. The van der Waals surface area contributed by atoms with E-state index in [9.17, 15) is 4.79 Å². The van der Waals surface area contributed by atoms with E-state index in [1.54, 1.807) is 24.3 Å². The van der Waals surface area contributed by atoms with Crippen molar-refractivity contribution >= 4 is 17.9 Å². The number of cyclic esters (lactones) is 1. The molecular weight excluding hydrogens is 254 g/mol. The molecule has 1 aliphatic rings. The van der Waals surface area contributed by atoms with Crippen molar-refractivity contribution in [3.8, 4) is 0 Å². The summed E-state index contributed by atoms with van der Waals surface area (Å²) in [6.45, 7) is 0. The van der Waals surface area contributed by atoms with Gasteiger partial charge in [-0.3, -0.25) is 0 Å². The number of aliphatic imine (C=N–C) groups is 1. The Morgan fingerprint density at radius 3 is 2.65 bits per heavy atom. The number of hydrogen-bond acceptors (Lipinski definition) is 4. The quantitative estimate of drug-likeness (QED) is 0.632. The summed E-state index contributed by atoms with van der Waals surface area (Å²) in [7, 11) is 0. The second-order valence-corrected chi connectivity index (χ2v) is 4.11. The van der Waals surface area contributed by atoms with Gasteiger partial charge in [-0.25, -0.2) is 9.79 Å². The lowest BCUT2D eigenvalue weighted by Gasteiger charge is -1.91. The third-order valence-electron chi connectivity index (χ3n) is 2.69. The van der Waals surface area contributed by atoms with Crippen molar-refractivity contribution < 1.29 is 13.9 Å². The number of hydrogen-bond donors (Lipinski definition) is 0. The normalized spacial score (nSPS) is 16.7. The van der Waals surface area contributed by atoms with E-state index in [2.05, 4.69) is 4.99 Å². The molecule has 0 atom stereocenters. The van der Waals surface area contributed by atoms with Gasteiger partial charge in [-0.05, 0) is 23.8 Å². The van der Waals surface area contributed by atoms with E-state index in [4.69, 9.17) is 9.15 Å². The fourth-order valence-electron chi connectivity index (χ4n) is 1.74. The van der Waals surface area contributed by atoms with Crippen LogP contribution in [-0.4, -0.2) is 11.9 Å². The number of carbonyl (C=O) groups is 1. The summed E-state index contributed by atoms with van der Waals surface area (Å²) in [4.78, 5) is 15.7. The van der Waals surface area contributed by atoms with Crippen LogP contribution in [0.25, 0.3) is 6.08 Å². The first kappa shape index (κ1) is 12.2. The molecule has 2 heterocycles. The molecule has 0 bridgehead atoms. The molecule has 0 unspecified atom stereocenters. The van der Waals surface area contributed by atoms with Crippen molar-refractivity contribution in [2.45, 2.75) is 0 Å². The number of esters is 1. The number of rotatable bonds is 3. The van der Waals surface area contributed by atoms with Gasteiger partial charge in [-0.1, -0.05) is 42.5 Å². The van der Waals surface area contributed by atoms with E-state index in [-0.39, 0.29) is 11.6 Å². The minimum Gasteiger partial charge on any atom is -0.459 e. The van der Waals surface area contributed by atoms with Gasteiger partial charge in [0, 0.05) is 0 Å². The molecule has 0 saturated carbocycles. The van der Waals surface area contributed by atoms with E-state index in [1.807, 2.05) is 36.4 Å². The van der Waals surface area contributed by atoms with Crippen LogP contribution in [0.3, 0.4) is 0 Å². The largest absolute Gasteiger partial charge is 0.459 e. The Morgan fingerprint density at radius 2 is 1.90 bits per heavy atom. The minimum atomic E-state index is -0.478. The first-order chi connectivity index (χ1) is 9.83. The lowest BCUT2D eigenvalue weighted by Crippen LogP contribution is -2.03.